The number of aromatic nitrogens is 3. The van der Waals surface area contributed by atoms with Crippen molar-refractivity contribution in [1.29, 1.82) is 0 Å². The molecule has 1 atom stereocenters. The number of nitrogens with zero attached hydrogens (tertiary/aromatic N) is 4. The zero-order chi connectivity index (χ0) is 19.9. The fourth-order valence-electron chi connectivity index (χ4n) is 3.85. The molecule has 150 valence electrons. The summed E-state index contributed by atoms with van der Waals surface area (Å²) < 4.78 is 13.5. The van der Waals surface area contributed by atoms with Gasteiger partial charge >= 0.3 is 0 Å². The van der Waals surface area contributed by atoms with Crippen LogP contribution in [0.2, 0.25) is 0 Å². The Kier molecular flexibility index (Phi) is 6.42. The maximum atomic E-state index is 13.5. The molecule has 0 unspecified atom stereocenters. The number of rotatable bonds is 7. The molecule has 6 heteroatoms. The lowest BCUT2D eigenvalue weighted by Crippen LogP contribution is -2.39. The zero-order valence-electron chi connectivity index (χ0n) is 16.5. The molecular weight excluding hydrogens is 365 g/mol. The number of anilines is 1. The van der Waals surface area contributed by atoms with E-state index >= 15 is 0 Å². The molecule has 1 saturated heterocycles. The predicted octanol–water partition coefficient (Wildman–Crippen LogP) is 4.04. The van der Waals surface area contributed by atoms with E-state index in [9.17, 15) is 4.39 Å². The fraction of sp³-hybridized carbons (Fsp3) is 0.348. The summed E-state index contributed by atoms with van der Waals surface area (Å²) in [5, 5.41) is 11.4. The molecule has 1 fully saturated rings. The van der Waals surface area contributed by atoms with Crippen molar-refractivity contribution in [3.63, 3.8) is 0 Å². The van der Waals surface area contributed by atoms with Crippen LogP contribution in [0.25, 0.3) is 11.3 Å². The summed E-state index contributed by atoms with van der Waals surface area (Å²) in [7, 11) is 0. The quantitative estimate of drug-likeness (QED) is 0.659. The molecule has 0 amide bonds. The third kappa shape index (κ3) is 5.57. The van der Waals surface area contributed by atoms with Crippen molar-refractivity contribution in [1.82, 2.24) is 20.1 Å². The van der Waals surface area contributed by atoms with E-state index in [1.807, 2.05) is 6.07 Å². The maximum absolute atomic E-state index is 13.5. The first-order valence-electron chi connectivity index (χ1n) is 10.2. The van der Waals surface area contributed by atoms with Crippen molar-refractivity contribution in [3.05, 3.63) is 72.2 Å². The molecule has 3 aromatic rings. The van der Waals surface area contributed by atoms with Crippen molar-refractivity contribution in [2.45, 2.75) is 19.3 Å². The summed E-state index contributed by atoms with van der Waals surface area (Å²) in [6.45, 7) is 4.15. The van der Waals surface area contributed by atoms with Gasteiger partial charge in [-0.25, -0.2) is 9.37 Å². The molecule has 0 aliphatic carbocycles. The minimum atomic E-state index is -0.284. The molecule has 0 bridgehead atoms. The lowest BCUT2D eigenvalue weighted by atomic mass is 9.97. The second-order valence-corrected chi connectivity index (χ2v) is 7.60. The fourth-order valence-corrected chi connectivity index (χ4v) is 3.85. The Balaban J connectivity index is 1.30. The molecule has 0 saturated carbocycles. The Labute approximate surface area is 171 Å². The van der Waals surface area contributed by atoms with Gasteiger partial charge in [0.05, 0.1) is 11.9 Å². The minimum absolute atomic E-state index is 0.284. The number of likely N-dealkylation sites (tertiary alicyclic amines) is 1. The number of hydrogen-bond donors (Lipinski definition) is 1. The number of hydrogen-bond acceptors (Lipinski definition) is 5. The number of piperidine rings is 1. The van der Waals surface area contributed by atoms with E-state index in [-0.39, 0.29) is 5.82 Å². The monoisotopic (exact) mass is 391 g/mol. The first kappa shape index (κ1) is 19.5. The van der Waals surface area contributed by atoms with Gasteiger partial charge in [-0.3, -0.25) is 0 Å². The molecule has 0 spiro atoms. The molecule has 29 heavy (non-hydrogen) atoms. The number of halogens is 1. The molecular formula is C23H26FN5. The maximum Gasteiger partial charge on any atom is 0.243 e. The van der Waals surface area contributed by atoms with Gasteiger partial charge < -0.3 is 10.2 Å². The van der Waals surface area contributed by atoms with E-state index in [2.05, 4.69) is 55.7 Å². The Morgan fingerprint density at radius 3 is 2.86 bits per heavy atom. The van der Waals surface area contributed by atoms with Gasteiger partial charge in [0.1, 0.15) is 5.82 Å². The molecule has 1 aliphatic heterocycles. The van der Waals surface area contributed by atoms with Crippen molar-refractivity contribution < 1.29 is 4.39 Å². The Hall–Kier alpha value is -2.86. The highest BCUT2D eigenvalue weighted by molar-refractivity contribution is 5.58. The van der Waals surface area contributed by atoms with Crippen molar-refractivity contribution in [2.24, 2.45) is 5.92 Å². The molecule has 1 aromatic heterocycles. The zero-order valence-corrected chi connectivity index (χ0v) is 16.5. The third-order valence-electron chi connectivity index (χ3n) is 5.39. The van der Waals surface area contributed by atoms with E-state index in [1.54, 1.807) is 12.3 Å². The standard InChI is InChI=1S/C23H26FN5/c24-21-10-4-9-20(14-21)22-16-26-28-23(27-22)25-15-19-8-5-12-29(17-19)13-11-18-6-2-1-3-7-18/h1-4,6-7,9-10,14,16,19H,5,8,11-13,15,17H2,(H,25,27,28)/t19-/m0/s1. The highest BCUT2D eigenvalue weighted by Gasteiger charge is 2.20. The largest absolute Gasteiger partial charge is 0.353 e. The van der Waals surface area contributed by atoms with Crippen LogP contribution >= 0.6 is 0 Å². The van der Waals surface area contributed by atoms with Gasteiger partial charge in [-0.15, -0.1) is 5.10 Å². The minimum Gasteiger partial charge on any atom is -0.353 e. The summed E-state index contributed by atoms with van der Waals surface area (Å²) in [4.78, 5) is 7.05. The molecule has 1 aliphatic rings. The van der Waals surface area contributed by atoms with Gasteiger partial charge in [-0.05, 0) is 49.4 Å². The molecule has 0 radical (unpaired) electrons. The normalized spacial score (nSPS) is 17.2. The summed E-state index contributed by atoms with van der Waals surface area (Å²) in [5.41, 5.74) is 2.71. The van der Waals surface area contributed by atoms with E-state index in [1.165, 1.54) is 30.5 Å². The first-order valence-corrected chi connectivity index (χ1v) is 10.2. The Bertz CT molecular complexity index is 918. The SMILES string of the molecule is Fc1cccc(-c2cnnc(NC[C@@H]3CCCN(CCc4ccccc4)C3)n2)c1. The molecule has 1 N–H and O–H groups in total. The van der Waals surface area contributed by atoms with Gasteiger partial charge in [0.2, 0.25) is 5.95 Å². The average Bonchev–Trinajstić information content (AvgIpc) is 2.78. The van der Waals surface area contributed by atoms with Crippen molar-refractivity contribution >= 4 is 5.95 Å². The van der Waals surface area contributed by atoms with Crippen molar-refractivity contribution in [2.75, 3.05) is 31.5 Å². The second kappa shape index (κ2) is 9.56. The summed E-state index contributed by atoms with van der Waals surface area (Å²) in [6.07, 6.45) is 5.06. The van der Waals surface area contributed by atoms with E-state index in [0.717, 1.165) is 32.6 Å². The molecule has 2 heterocycles. The van der Waals surface area contributed by atoms with Crippen LogP contribution in [0.1, 0.15) is 18.4 Å². The van der Waals surface area contributed by atoms with Crippen LogP contribution in [0.3, 0.4) is 0 Å². The molecule has 5 nitrogen and oxygen atoms in total. The third-order valence-corrected chi connectivity index (χ3v) is 5.39. The van der Waals surface area contributed by atoms with Crippen LogP contribution in [0, 0.1) is 11.7 Å². The Morgan fingerprint density at radius 2 is 2.00 bits per heavy atom. The summed E-state index contributed by atoms with van der Waals surface area (Å²) in [5.74, 6) is 0.766. The van der Waals surface area contributed by atoms with Crippen LogP contribution in [0.15, 0.2) is 60.8 Å². The highest BCUT2D eigenvalue weighted by atomic mass is 19.1. The predicted molar refractivity (Wildman–Crippen MR) is 113 cm³/mol. The number of benzene rings is 2. The lowest BCUT2D eigenvalue weighted by molar-refractivity contribution is 0.182. The summed E-state index contributed by atoms with van der Waals surface area (Å²) >= 11 is 0. The van der Waals surface area contributed by atoms with Crippen LogP contribution in [-0.2, 0) is 6.42 Å². The van der Waals surface area contributed by atoms with Crippen LogP contribution in [0.5, 0.6) is 0 Å². The van der Waals surface area contributed by atoms with Crippen LogP contribution in [0.4, 0.5) is 10.3 Å². The molecule has 4 rings (SSSR count). The van der Waals surface area contributed by atoms with E-state index in [0.29, 0.717) is 23.1 Å². The van der Waals surface area contributed by atoms with Crippen molar-refractivity contribution in [3.8, 4) is 11.3 Å². The smallest absolute Gasteiger partial charge is 0.243 e. The topological polar surface area (TPSA) is 53.9 Å². The van der Waals surface area contributed by atoms with Gasteiger partial charge in [0.15, 0.2) is 0 Å². The highest BCUT2D eigenvalue weighted by Crippen LogP contribution is 2.19. The first-order chi connectivity index (χ1) is 14.3. The lowest BCUT2D eigenvalue weighted by Gasteiger charge is -2.32. The Morgan fingerprint density at radius 1 is 1.10 bits per heavy atom. The van der Waals surface area contributed by atoms with Crippen LogP contribution < -0.4 is 5.32 Å². The van der Waals surface area contributed by atoms with Gasteiger partial charge in [-0.1, -0.05) is 42.5 Å². The van der Waals surface area contributed by atoms with Crippen LogP contribution in [-0.4, -0.2) is 46.3 Å². The second-order valence-electron chi connectivity index (χ2n) is 7.60. The average molecular weight is 391 g/mol. The van der Waals surface area contributed by atoms with E-state index in [4.69, 9.17) is 0 Å². The summed E-state index contributed by atoms with van der Waals surface area (Å²) in [6, 6.07) is 17.0. The molecule has 2 aromatic carbocycles. The van der Waals surface area contributed by atoms with Gasteiger partial charge in [0, 0.05) is 25.2 Å². The van der Waals surface area contributed by atoms with Gasteiger partial charge in [-0.2, -0.15) is 5.10 Å². The van der Waals surface area contributed by atoms with E-state index < -0.39 is 0 Å². The number of nitrogens with one attached hydrogen (secondary N) is 1. The van der Waals surface area contributed by atoms with Gasteiger partial charge in [0.25, 0.3) is 0 Å².